The van der Waals surface area contributed by atoms with Gasteiger partial charge < -0.3 is 15.4 Å². The third kappa shape index (κ3) is 7.37. The molecule has 2 amide bonds. The van der Waals surface area contributed by atoms with Gasteiger partial charge in [-0.25, -0.2) is 9.97 Å². The van der Waals surface area contributed by atoms with E-state index in [0.717, 1.165) is 12.2 Å². The molecule has 30 heavy (non-hydrogen) atoms. The van der Waals surface area contributed by atoms with Crippen molar-refractivity contribution in [2.24, 2.45) is 0 Å². The van der Waals surface area contributed by atoms with Crippen LogP contribution in [0.1, 0.15) is 30.3 Å². The summed E-state index contributed by atoms with van der Waals surface area (Å²) < 4.78 is 5.12. The van der Waals surface area contributed by atoms with Crippen LogP contribution in [0.4, 0.5) is 5.69 Å². The van der Waals surface area contributed by atoms with Crippen LogP contribution in [0.15, 0.2) is 35.6 Å². The number of rotatable bonds is 11. The lowest BCUT2D eigenvalue weighted by molar-refractivity contribution is -0.118. The first kappa shape index (κ1) is 24.3. The number of benzene rings is 1. The minimum absolute atomic E-state index is 0.0664. The molecule has 162 valence electrons. The molecule has 1 aromatic heterocycles. The number of aromatic nitrogens is 2. The SMILES string of the molecule is CCCSc1ncc(Cl)c(C(=O)NC(CCSC)C(=O)Nc2ccc(OC)cc2)n1. The molecule has 0 aliphatic heterocycles. The summed E-state index contributed by atoms with van der Waals surface area (Å²) in [6.45, 7) is 2.05. The van der Waals surface area contributed by atoms with Crippen LogP contribution in [0.2, 0.25) is 5.02 Å². The maximum Gasteiger partial charge on any atom is 0.272 e. The first-order valence-electron chi connectivity index (χ1n) is 9.38. The Bertz CT molecular complexity index is 852. The van der Waals surface area contributed by atoms with Gasteiger partial charge in [0.15, 0.2) is 10.9 Å². The van der Waals surface area contributed by atoms with Gasteiger partial charge in [-0.1, -0.05) is 30.3 Å². The number of anilines is 1. The van der Waals surface area contributed by atoms with E-state index in [4.69, 9.17) is 16.3 Å². The number of methoxy groups -OCH3 is 1. The topological polar surface area (TPSA) is 93.2 Å². The van der Waals surface area contributed by atoms with Crippen LogP contribution in [-0.2, 0) is 4.79 Å². The fraction of sp³-hybridized carbons (Fsp3) is 0.400. The second kappa shape index (κ2) is 12.7. The second-order valence-electron chi connectivity index (χ2n) is 6.22. The van der Waals surface area contributed by atoms with Gasteiger partial charge in [0.1, 0.15) is 11.8 Å². The number of carbonyl (C=O) groups is 2. The lowest BCUT2D eigenvalue weighted by Crippen LogP contribution is -2.44. The molecule has 1 aromatic carbocycles. The van der Waals surface area contributed by atoms with Gasteiger partial charge in [-0.3, -0.25) is 9.59 Å². The zero-order chi connectivity index (χ0) is 21.9. The molecule has 0 saturated heterocycles. The summed E-state index contributed by atoms with van der Waals surface area (Å²) in [5.41, 5.74) is 0.680. The van der Waals surface area contributed by atoms with Gasteiger partial charge in [0, 0.05) is 11.4 Å². The summed E-state index contributed by atoms with van der Waals surface area (Å²) in [5, 5.41) is 6.21. The molecule has 1 unspecified atom stereocenters. The van der Waals surface area contributed by atoms with Crippen molar-refractivity contribution in [1.29, 1.82) is 0 Å². The molecule has 0 aliphatic carbocycles. The fourth-order valence-electron chi connectivity index (χ4n) is 2.41. The van der Waals surface area contributed by atoms with Crippen molar-refractivity contribution in [1.82, 2.24) is 15.3 Å². The number of hydrogen-bond acceptors (Lipinski definition) is 7. The molecule has 7 nitrogen and oxygen atoms in total. The van der Waals surface area contributed by atoms with Crippen LogP contribution in [-0.4, -0.2) is 52.7 Å². The van der Waals surface area contributed by atoms with Crippen LogP contribution in [0.3, 0.4) is 0 Å². The van der Waals surface area contributed by atoms with Crippen molar-refractivity contribution < 1.29 is 14.3 Å². The Kier molecular flexibility index (Phi) is 10.3. The Morgan fingerprint density at radius 2 is 1.97 bits per heavy atom. The van der Waals surface area contributed by atoms with Crippen LogP contribution in [0.25, 0.3) is 0 Å². The van der Waals surface area contributed by atoms with Crippen molar-refractivity contribution in [3.63, 3.8) is 0 Å². The Morgan fingerprint density at radius 1 is 1.23 bits per heavy atom. The van der Waals surface area contributed by atoms with Crippen molar-refractivity contribution in [3.05, 3.63) is 41.2 Å². The van der Waals surface area contributed by atoms with Gasteiger partial charge in [-0.2, -0.15) is 11.8 Å². The molecule has 0 bridgehead atoms. The second-order valence-corrected chi connectivity index (χ2v) is 8.68. The summed E-state index contributed by atoms with van der Waals surface area (Å²) >= 11 is 9.18. The zero-order valence-corrected chi connectivity index (χ0v) is 19.5. The molecule has 0 radical (unpaired) electrons. The summed E-state index contributed by atoms with van der Waals surface area (Å²) in [5.74, 6) is 1.42. The van der Waals surface area contributed by atoms with E-state index in [1.165, 1.54) is 18.0 Å². The van der Waals surface area contributed by atoms with Crippen LogP contribution in [0.5, 0.6) is 5.75 Å². The van der Waals surface area contributed by atoms with E-state index in [1.54, 1.807) is 43.1 Å². The van der Waals surface area contributed by atoms with E-state index in [-0.39, 0.29) is 16.6 Å². The fourth-order valence-corrected chi connectivity index (χ4v) is 3.73. The van der Waals surface area contributed by atoms with E-state index >= 15 is 0 Å². The van der Waals surface area contributed by atoms with Crippen LogP contribution < -0.4 is 15.4 Å². The Hall–Kier alpha value is -1.97. The quantitative estimate of drug-likeness (QED) is 0.378. The number of carbonyl (C=O) groups excluding carboxylic acids is 2. The van der Waals surface area contributed by atoms with Gasteiger partial charge in [0.25, 0.3) is 5.91 Å². The zero-order valence-electron chi connectivity index (χ0n) is 17.1. The highest BCUT2D eigenvalue weighted by Gasteiger charge is 2.24. The van der Waals surface area contributed by atoms with Crippen molar-refractivity contribution in [3.8, 4) is 5.75 Å². The largest absolute Gasteiger partial charge is 0.497 e. The Labute approximate surface area is 190 Å². The van der Waals surface area contributed by atoms with E-state index in [0.29, 0.717) is 28.8 Å². The molecule has 10 heteroatoms. The minimum Gasteiger partial charge on any atom is -0.497 e. The van der Waals surface area contributed by atoms with Crippen molar-refractivity contribution in [2.75, 3.05) is 30.2 Å². The number of hydrogen-bond donors (Lipinski definition) is 2. The molecule has 0 saturated carbocycles. The molecular weight excluding hydrogens is 444 g/mol. The van der Waals surface area contributed by atoms with E-state index < -0.39 is 11.9 Å². The number of thioether (sulfide) groups is 2. The number of nitrogens with one attached hydrogen (secondary N) is 2. The molecule has 2 N–H and O–H groups in total. The summed E-state index contributed by atoms with van der Waals surface area (Å²) in [6.07, 6.45) is 4.78. The molecule has 1 heterocycles. The summed E-state index contributed by atoms with van der Waals surface area (Å²) in [7, 11) is 1.58. The number of nitrogens with zero attached hydrogens (tertiary/aromatic N) is 2. The van der Waals surface area contributed by atoms with Gasteiger partial charge >= 0.3 is 0 Å². The van der Waals surface area contributed by atoms with Crippen molar-refractivity contribution in [2.45, 2.75) is 31.0 Å². The first-order chi connectivity index (χ1) is 14.5. The van der Waals surface area contributed by atoms with Crippen LogP contribution >= 0.6 is 35.1 Å². The highest BCUT2D eigenvalue weighted by Crippen LogP contribution is 2.20. The average Bonchev–Trinajstić information content (AvgIpc) is 2.76. The number of halogens is 1. The molecule has 0 spiro atoms. The molecule has 0 fully saturated rings. The van der Waals surface area contributed by atoms with Crippen molar-refractivity contribution >= 4 is 52.6 Å². The van der Waals surface area contributed by atoms with E-state index in [1.807, 2.05) is 13.2 Å². The van der Waals surface area contributed by atoms with Gasteiger partial charge in [0.2, 0.25) is 5.91 Å². The molecule has 2 rings (SSSR count). The third-order valence-corrected chi connectivity index (χ3v) is 5.95. The summed E-state index contributed by atoms with van der Waals surface area (Å²) in [4.78, 5) is 34.0. The highest BCUT2D eigenvalue weighted by molar-refractivity contribution is 7.99. The predicted octanol–water partition coefficient (Wildman–Crippen LogP) is 4.13. The molecule has 1 atom stereocenters. The maximum atomic E-state index is 12.8. The minimum atomic E-state index is -0.732. The molecule has 2 aromatic rings. The number of ether oxygens (including phenoxy) is 1. The first-order valence-corrected chi connectivity index (χ1v) is 12.1. The number of amides is 2. The lowest BCUT2D eigenvalue weighted by atomic mass is 10.2. The average molecular weight is 469 g/mol. The monoisotopic (exact) mass is 468 g/mol. The molecule has 0 aliphatic rings. The van der Waals surface area contributed by atoms with Gasteiger partial charge in [-0.05, 0) is 49.1 Å². The normalized spacial score (nSPS) is 11.6. The summed E-state index contributed by atoms with van der Waals surface area (Å²) in [6, 6.07) is 6.25. The maximum absolute atomic E-state index is 12.8. The Morgan fingerprint density at radius 3 is 2.60 bits per heavy atom. The molecular formula is C20H25ClN4O3S2. The van der Waals surface area contributed by atoms with E-state index in [2.05, 4.69) is 20.6 Å². The third-order valence-electron chi connectivity index (χ3n) is 3.96. The highest BCUT2D eigenvalue weighted by atomic mass is 35.5. The lowest BCUT2D eigenvalue weighted by Gasteiger charge is -2.18. The standard InChI is InChI=1S/C20H25ClN4O3S2/c1-4-10-30-20-22-12-15(21)17(25-20)19(27)24-16(9-11-29-3)18(26)23-13-5-7-14(28-2)8-6-13/h5-8,12,16H,4,9-11H2,1-3H3,(H,23,26)(H,24,27). The predicted molar refractivity (Wildman–Crippen MR) is 124 cm³/mol. The van der Waals surface area contributed by atoms with Gasteiger partial charge in [0.05, 0.1) is 18.3 Å². The Balaban J connectivity index is 2.12. The van der Waals surface area contributed by atoms with Gasteiger partial charge in [-0.15, -0.1) is 0 Å². The van der Waals surface area contributed by atoms with Crippen LogP contribution in [0, 0.1) is 0 Å². The van der Waals surface area contributed by atoms with E-state index in [9.17, 15) is 9.59 Å². The smallest absolute Gasteiger partial charge is 0.272 e.